The van der Waals surface area contributed by atoms with Gasteiger partial charge in [0.25, 0.3) is 11.8 Å². The predicted molar refractivity (Wildman–Crippen MR) is 85.3 cm³/mol. The van der Waals surface area contributed by atoms with Crippen molar-refractivity contribution in [1.29, 1.82) is 0 Å². The van der Waals surface area contributed by atoms with E-state index in [9.17, 15) is 9.59 Å². The van der Waals surface area contributed by atoms with Gasteiger partial charge in [-0.15, -0.1) is 11.3 Å². The molecule has 0 unspecified atom stereocenters. The van der Waals surface area contributed by atoms with Gasteiger partial charge in [-0.3, -0.25) is 20.4 Å². The number of hydrogen-bond donors (Lipinski definition) is 2. The first-order chi connectivity index (χ1) is 11.1. The molecule has 0 saturated carbocycles. The fourth-order valence-electron chi connectivity index (χ4n) is 1.93. The molecule has 0 bridgehead atoms. The molecule has 23 heavy (non-hydrogen) atoms. The first-order valence-electron chi connectivity index (χ1n) is 6.55. The highest BCUT2D eigenvalue weighted by atomic mass is 32.1. The summed E-state index contributed by atoms with van der Waals surface area (Å²) in [5.41, 5.74) is 4.89. The Bertz CT molecular complexity index is 700. The van der Waals surface area contributed by atoms with Gasteiger partial charge in [0.1, 0.15) is 0 Å². The lowest BCUT2D eigenvalue weighted by molar-refractivity contribution is 0.0846. The van der Waals surface area contributed by atoms with E-state index < -0.39 is 11.8 Å². The molecule has 2 aromatic rings. The summed E-state index contributed by atoms with van der Waals surface area (Å²) < 4.78 is 15.6. The van der Waals surface area contributed by atoms with Gasteiger partial charge in [0.15, 0.2) is 11.5 Å². The van der Waals surface area contributed by atoms with Crippen LogP contribution in [0.5, 0.6) is 17.2 Å². The predicted octanol–water partition coefficient (Wildman–Crippen LogP) is 1.85. The van der Waals surface area contributed by atoms with E-state index in [1.807, 2.05) is 0 Å². The molecular weight excluding hydrogens is 320 g/mol. The molecule has 2 N–H and O–H groups in total. The van der Waals surface area contributed by atoms with Crippen LogP contribution in [0.1, 0.15) is 20.0 Å². The van der Waals surface area contributed by atoms with Gasteiger partial charge in [0.2, 0.25) is 5.75 Å². The van der Waals surface area contributed by atoms with E-state index in [1.54, 1.807) is 23.6 Å². The van der Waals surface area contributed by atoms with Crippen molar-refractivity contribution < 1.29 is 23.8 Å². The molecule has 0 radical (unpaired) electrons. The smallest absolute Gasteiger partial charge is 0.279 e. The fraction of sp³-hybridized carbons (Fsp3) is 0.200. The van der Waals surface area contributed by atoms with Gasteiger partial charge in [-0.25, -0.2) is 0 Å². The molecule has 0 atom stereocenters. The number of ether oxygens (including phenoxy) is 3. The molecule has 0 aliphatic carbocycles. The molecule has 0 aliphatic heterocycles. The number of thiophene rings is 1. The van der Waals surface area contributed by atoms with Crippen molar-refractivity contribution in [2.75, 3.05) is 21.3 Å². The van der Waals surface area contributed by atoms with Crippen LogP contribution in [0.4, 0.5) is 0 Å². The van der Waals surface area contributed by atoms with Crippen molar-refractivity contribution >= 4 is 23.2 Å². The summed E-state index contributed by atoms with van der Waals surface area (Å²) >= 11 is 1.27. The zero-order valence-corrected chi connectivity index (χ0v) is 13.7. The maximum atomic E-state index is 12.3. The monoisotopic (exact) mass is 336 g/mol. The number of methoxy groups -OCH3 is 3. The van der Waals surface area contributed by atoms with Crippen LogP contribution >= 0.6 is 11.3 Å². The molecule has 0 spiro atoms. The summed E-state index contributed by atoms with van der Waals surface area (Å²) in [5, 5.41) is 1.77. The average molecular weight is 336 g/mol. The number of hydrogen-bond acceptors (Lipinski definition) is 6. The number of carbonyl (C=O) groups is 2. The average Bonchev–Trinajstić information content (AvgIpc) is 3.12. The quantitative estimate of drug-likeness (QED) is 0.814. The Hall–Kier alpha value is -2.74. The van der Waals surface area contributed by atoms with Crippen LogP contribution in [0.2, 0.25) is 0 Å². The summed E-state index contributed by atoms with van der Waals surface area (Å²) in [4.78, 5) is 24.6. The van der Waals surface area contributed by atoms with Crippen LogP contribution in [-0.4, -0.2) is 33.1 Å². The lowest BCUT2D eigenvalue weighted by Crippen LogP contribution is -2.41. The Kier molecular flexibility index (Phi) is 5.42. The van der Waals surface area contributed by atoms with Crippen molar-refractivity contribution in [2.24, 2.45) is 0 Å². The molecule has 1 heterocycles. The molecule has 0 saturated heterocycles. The third-order valence-corrected chi connectivity index (χ3v) is 3.85. The van der Waals surface area contributed by atoms with Crippen molar-refractivity contribution in [3.63, 3.8) is 0 Å². The van der Waals surface area contributed by atoms with Crippen molar-refractivity contribution in [2.45, 2.75) is 0 Å². The number of amides is 2. The van der Waals surface area contributed by atoms with Crippen LogP contribution in [0.3, 0.4) is 0 Å². The SMILES string of the molecule is COc1ccc(C(=O)NNC(=O)c2cccs2)c(OC)c1OC. The second kappa shape index (κ2) is 7.50. The van der Waals surface area contributed by atoms with Crippen LogP contribution in [0.15, 0.2) is 29.6 Å². The minimum absolute atomic E-state index is 0.205. The van der Waals surface area contributed by atoms with Gasteiger partial charge >= 0.3 is 0 Å². The molecule has 7 nitrogen and oxygen atoms in total. The minimum Gasteiger partial charge on any atom is -0.493 e. The lowest BCUT2D eigenvalue weighted by atomic mass is 10.1. The maximum Gasteiger partial charge on any atom is 0.279 e. The van der Waals surface area contributed by atoms with Crippen molar-refractivity contribution in [1.82, 2.24) is 10.9 Å². The first kappa shape index (κ1) is 16.6. The van der Waals surface area contributed by atoms with E-state index in [-0.39, 0.29) is 11.3 Å². The third kappa shape index (κ3) is 3.54. The van der Waals surface area contributed by atoms with Crippen LogP contribution < -0.4 is 25.1 Å². The Morgan fingerprint density at radius 2 is 1.61 bits per heavy atom. The van der Waals surface area contributed by atoms with Crippen molar-refractivity contribution in [3.05, 3.63) is 40.1 Å². The zero-order chi connectivity index (χ0) is 16.8. The number of nitrogens with one attached hydrogen (secondary N) is 2. The molecule has 2 rings (SSSR count). The van der Waals surface area contributed by atoms with Gasteiger partial charge in [0, 0.05) is 0 Å². The van der Waals surface area contributed by atoms with Crippen LogP contribution in [0, 0.1) is 0 Å². The van der Waals surface area contributed by atoms with E-state index in [0.29, 0.717) is 16.4 Å². The Morgan fingerprint density at radius 3 is 2.17 bits per heavy atom. The second-order valence-corrected chi connectivity index (χ2v) is 5.22. The molecule has 0 fully saturated rings. The highest BCUT2D eigenvalue weighted by Gasteiger charge is 2.21. The fourth-order valence-corrected chi connectivity index (χ4v) is 2.55. The minimum atomic E-state index is -0.535. The van der Waals surface area contributed by atoms with E-state index in [0.717, 1.165) is 0 Å². The molecule has 8 heteroatoms. The molecule has 1 aromatic heterocycles. The van der Waals surface area contributed by atoms with Gasteiger partial charge < -0.3 is 14.2 Å². The van der Waals surface area contributed by atoms with Gasteiger partial charge in [-0.2, -0.15) is 0 Å². The van der Waals surface area contributed by atoms with Crippen LogP contribution in [-0.2, 0) is 0 Å². The van der Waals surface area contributed by atoms with Gasteiger partial charge in [-0.05, 0) is 23.6 Å². The topological polar surface area (TPSA) is 85.9 Å². The van der Waals surface area contributed by atoms with E-state index in [1.165, 1.54) is 38.7 Å². The highest BCUT2D eigenvalue weighted by Crippen LogP contribution is 2.39. The number of carbonyl (C=O) groups excluding carboxylic acids is 2. The maximum absolute atomic E-state index is 12.3. The molecular formula is C15H16N2O5S. The summed E-state index contributed by atoms with van der Waals surface area (Å²) in [6.45, 7) is 0. The lowest BCUT2D eigenvalue weighted by Gasteiger charge is -2.15. The summed E-state index contributed by atoms with van der Waals surface area (Å²) in [6.07, 6.45) is 0. The van der Waals surface area contributed by atoms with Crippen LogP contribution in [0.25, 0.3) is 0 Å². The van der Waals surface area contributed by atoms with Gasteiger partial charge in [0.05, 0.1) is 31.8 Å². The summed E-state index contributed by atoms with van der Waals surface area (Å²) in [7, 11) is 4.34. The van der Waals surface area contributed by atoms with E-state index in [4.69, 9.17) is 14.2 Å². The molecule has 0 aliphatic rings. The number of hydrazine groups is 1. The summed E-state index contributed by atoms with van der Waals surface area (Å²) in [5.74, 6) is 0.0194. The summed E-state index contributed by atoms with van der Waals surface area (Å²) in [6, 6.07) is 6.51. The molecule has 2 amide bonds. The Balaban J connectivity index is 2.17. The van der Waals surface area contributed by atoms with E-state index in [2.05, 4.69) is 10.9 Å². The Morgan fingerprint density at radius 1 is 0.913 bits per heavy atom. The van der Waals surface area contributed by atoms with Crippen molar-refractivity contribution in [3.8, 4) is 17.2 Å². The first-order valence-corrected chi connectivity index (χ1v) is 7.43. The second-order valence-electron chi connectivity index (χ2n) is 4.27. The standard InChI is InChI=1S/C15H16N2O5S/c1-20-10-7-6-9(12(21-2)13(10)22-3)14(18)16-17-15(19)11-5-4-8-23-11/h4-8H,1-3H3,(H,16,18)(H,17,19). The molecule has 1 aromatic carbocycles. The highest BCUT2D eigenvalue weighted by molar-refractivity contribution is 7.12. The number of benzene rings is 1. The van der Waals surface area contributed by atoms with E-state index >= 15 is 0 Å². The zero-order valence-electron chi connectivity index (χ0n) is 12.8. The normalized spacial score (nSPS) is 9.87. The molecule has 122 valence electrons. The largest absolute Gasteiger partial charge is 0.493 e. The third-order valence-electron chi connectivity index (χ3n) is 2.98. The van der Waals surface area contributed by atoms with Gasteiger partial charge in [-0.1, -0.05) is 6.07 Å². The number of rotatable bonds is 5. The Labute approximate surface area is 137 Å².